The van der Waals surface area contributed by atoms with Gasteiger partial charge in [-0.3, -0.25) is 4.79 Å². The number of nitrogens with zero attached hydrogens (tertiary/aromatic N) is 2. The van der Waals surface area contributed by atoms with Crippen molar-refractivity contribution in [2.45, 2.75) is 51.1 Å². The highest BCUT2D eigenvalue weighted by molar-refractivity contribution is 5.85. The number of carbonyl (C=O) groups excluding carboxylic acids is 2. The fraction of sp³-hybridized carbons (Fsp3) is 0.875. The number of nitrogens with one attached hydrogen (secondary N) is 2. The van der Waals surface area contributed by atoms with E-state index in [-0.39, 0.29) is 24.3 Å². The molecule has 2 bridgehead atoms. The molecular weight excluding hydrogens is 316 g/mol. The molecule has 0 aromatic carbocycles. The van der Waals surface area contributed by atoms with E-state index in [1.54, 1.807) is 4.90 Å². The van der Waals surface area contributed by atoms with Gasteiger partial charge in [-0.2, -0.15) is 0 Å². The molecular formula is C16H29ClN4O2. The van der Waals surface area contributed by atoms with Gasteiger partial charge in [-0.25, -0.2) is 4.79 Å². The van der Waals surface area contributed by atoms with Crippen LogP contribution in [0.5, 0.6) is 0 Å². The number of carbonyl (C=O) groups is 2. The largest absolute Gasteiger partial charge is 0.339 e. The van der Waals surface area contributed by atoms with Crippen molar-refractivity contribution in [1.82, 2.24) is 20.4 Å². The Morgan fingerprint density at radius 2 is 1.61 bits per heavy atom. The molecule has 23 heavy (non-hydrogen) atoms. The predicted octanol–water partition coefficient (Wildman–Crippen LogP) is 1.20. The van der Waals surface area contributed by atoms with Gasteiger partial charge in [0.2, 0.25) is 5.91 Å². The van der Waals surface area contributed by atoms with Crippen molar-refractivity contribution in [2.24, 2.45) is 5.92 Å². The second kappa shape index (κ2) is 8.20. The van der Waals surface area contributed by atoms with Gasteiger partial charge < -0.3 is 20.4 Å². The summed E-state index contributed by atoms with van der Waals surface area (Å²) in [6.45, 7) is 5.21. The average molecular weight is 345 g/mol. The Balaban J connectivity index is 0.00000192. The maximum absolute atomic E-state index is 12.5. The van der Waals surface area contributed by atoms with E-state index in [9.17, 15) is 9.59 Å². The third-order valence-corrected chi connectivity index (χ3v) is 5.28. The summed E-state index contributed by atoms with van der Waals surface area (Å²) in [6, 6.07) is 1.28. The second-order valence-electron chi connectivity index (χ2n) is 6.88. The Morgan fingerprint density at radius 3 is 2.17 bits per heavy atom. The minimum Gasteiger partial charge on any atom is -0.339 e. The molecule has 3 fully saturated rings. The van der Waals surface area contributed by atoms with Crippen LogP contribution in [0.1, 0.15) is 39.0 Å². The number of fused-ring (bicyclic) bond motifs is 2. The van der Waals surface area contributed by atoms with Crippen LogP contribution in [0.15, 0.2) is 0 Å². The van der Waals surface area contributed by atoms with Gasteiger partial charge >= 0.3 is 6.03 Å². The Kier molecular flexibility index (Phi) is 6.53. The fourth-order valence-electron chi connectivity index (χ4n) is 4.14. The van der Waals surface area contributed by atoms with Crippen LogP contribution in [-0.4, -0.2) is 66.5 Å². The van der Waals surface area contributed by atoms with Crippen molar-refractivity contribution in [2.75, 3.05) is 32.7 Å². The molecule has 3 rings (SSSR count). The molecule has 132 valence electrons. The molecule has 3 saturated heterocycles. The maximum Gasteiger partial charge on any atom is 0.317 e. The van der Waals surface area contributed by atoms with Gasteiger partial charge in [0.15, 0.2) is 0 Å². The molecule has 6 nitrogen and oxygen atoms in total. The van der Waals surface area contributed by atoms with E-state index in [1.165, 1.54) is 12.8 Å². The first kappa shape index (κ1) is 18.3. The standard InChI is InChI=1S/C16H28N4O2.ClH/c1-2-17-16(22)20-7-5-19(6-8-20)15(21)11-12-9-13-3-4-14(10-12)18-13;/h12-14,18H,2-11H2,1H3,(H,17,22);1H. The summed E-state index contributed by atoms with van der Waals surface area (Å²) in [7, 11) is 0. The van der Waals surface area contributed by atoms with Gasteiger partial charge in [0.25, 0.3) is 0 Å². The summed E-state index contributed by atoms with van der Waals surface area (Å²) in [5.41, 5.74) is 0. The number of hydrogen-bond donors (Lipinski definition) is 2. The van der Waals surface area contributed by atoms with Gasteiger partial charge in [0.1, 0.15) is 0 Å². The van der Waals surface area contributed by atoms with Crippen LogP contribution in [-0.2, 0) is 4.79 Å². The molecule has 3 aliphatic rings. The van der Waals surface area contributed by atoms with E-state index in [1.807, 2.05) is 11.8 Å². The highest BCUT2D eigenvalue weighted by Gasteiger charge is 2.35. The molecule has 0 aliphatic carbocycles. The van der Waals surface area contributed by atoms with Crippen molar-refractivity contribution < 1.29 is 9.59 Å². The average Bonchev–Trinajstić information content (AvgIpc) is 2.86. The topological polar surface area (TPSA) is 64.7 Å². The third kappa shape index (κ3) is 4.51. The Labute approximate surface area is 144 Å². The van der Waals surface area contributed by atoms with Gasteiger partial charge in [0.05, 0.1) is 0 Å². The van der Waals surface area contributed by atoms with Crippen LogP contribution in [0, 0.1) is 5.92 Å². The number of rotatable bonds is 3. The van der Waals surface area contributed by atoms with Crippen molar-refractivity contribution >= 4 is 24.3 Å². The molecule has 2 N–H and O–H groups in total. The first-order valence-corrected chi connectivity index (χ1v) is 8.72. The Bertz CT molecular complexity index is 414. The summed E-state index contributed by atoms with van der Waals surface area (Å²) >= 11 is 0. The van der Waals surface area contributed by atoms with Crippen LogP contribution < -0.4 is 10.6 Å². The molecule has 2 unspecified atom stereocenters. The summed E-state index contributed by atoms with van der Waals surface area (Å²) in [4.78, 5) is 28.0. The van der Waals surface area contributed by atoms with Crippen LogP contribution >= 0.6 is 12.4 Å². The first-order valence-electron chi connectivity index (χ1n) is 8.72. The van der Waals surface area contributed by atoms with E-state index in [2.05, 4.69) is 10.6 Å². The molecule has 0 aromatic rings. The van der Waals surface area contributed by atoms with E-state index < -0.39 is 0 Å². The summed E-state index contributed by atoms with van der Waals surface area (Å²) in [5.74, 6) is 0.828. The number of urea groups is 1. The number of amides is 3. The first-order chi connectivity index (χ1) is 10.7. The summed E-state index contributed by atoms with van der Waals surface area (Å²) < 4.78 is 0. The number of hydrogen-bond acceptors (Lipinski definition) is 3. The van der Waals surface area contributed by atoms with E-state index in [4.69, 9.17) is 0 Å². The SMILES string of the molecule is CCNC(=O)N1CCN(C(=O)CC2CC3CCC(C2)N3)CC1.Cl. The molecule has 7 heteroatoms. The third-order valence-electron chi connectivity index (χ3n) is 5.28. The molecule has 0 saturated carbocycles. The maximum atomic E-state index is 12.5. The molecule has 3 heterocycles. The van der Waals surface area contributed by atoms with Gasteiger partial charge in [-0.05, 0) is 38.5 Å². The quantitative estimate of drug-likeness (QED) is 0.808. The highest BCUT2D eigenvalue weighted by atomic mass is 35.5. The Hall–Kier alpha value is -1.01. The van der Waals surface area contributed by atoms with Gasteiger partial charge in [0, 0.05) is 51.2 Å². The number of piperazine rings is 1. The highest BCUT2D eigenvalue weighted by Crippen LogP contribution is 2.33. The van der Waals surface area contributed by atoms with E-state index >= 15 is 0 Å². The fourth-order valence-corrected chi connectivity index (χ4v) is 4.14. The smallest absolute Gasteiger partial charge is 0.317 e. The van der Waals surface area contributed by atoms with Crippen LogP contribution in [0.25, 0.3) is 0 Å². The zero-order valence-corrected chi connectivity index (χ0v) is 14.7. The molecule has 3 aliphatic heterocycles. The van der Waals surface area contributed by atoms with Gasteiger partial charge in [-0.1, -0.05) is 0 Å². The zero-order valence-electron chi connectivity index (χ0n) is 13.9. The minimum absolute atomic E-state index is 0. The lowest BCUT2D eigenvalue weighted by molar-refractivity contribution is -0.133. The normalized spacial score (nSPS) is 29.9. The number of halogens is 1. The van der Waals surface area contributed by atoms with Crippen molar-refractivity contribution in [3.63, 3.8) is 0 Å². The lowest BCUT2D eigenvalue weighted by Gasteiger charge is -2.36. The lowest BCUT2D eigenvalue weighted by atomic mass is 9.89. The van der Waals surface area contributed by atoms with E-state index in [0.29, 0.717) is 57.1 Å². The zero-order chi connectivity index (χ0) is 15.5. The molecule has 0 spiro atoms. The van der Waals surface area contributed by atoms with Crippen molar-refractivity contribution in [3.8, 4) is 0 Å². The Morgan fingerprint density at radius 1 is 1.04 bits per heavy atom. The second-order valence-corrected chi connectivity index (χ2v) is 6.88. The van der Waals surface area contributed by atoms with Gasteiger partial charge in [-0.15, -0.1) is 12.4 Å². The van der Waals surface area contributed by atoms with E-state index in [0.717, 1.165) is 12.8 Å². The molecule has 2 atom stereocenters. The predicted molar refractivity (Wildman–Crippen MR) is 91.8 cm³/mol. The lowest BCUT2D eigenvalue weighted by Crippen LogP contribution is -2.53. The molecule has 3 amide bonds. The molecule has 0 aromatic heterocycles. The number of piperidine rings is 1. The summed E-state index contributed by atoms with van der Waals surface area (Å²) in [6.07, 6.45) is 5.55. The molecule has 0 radical (unpaired) electrons. The monoisotopic (exact) mass is 344 g/mol. The van der Waals surface area contributed by atoms with Crippen LogP contribution in [0.4, 0.5) is 4.79 Å². The van der Waals surface area contributed by atoms with Crippen LogP contribution in [0.3, 0.4) is 0 Å². The van der Waals surface area contributed by atoms with Crippen molar-refractivity contribution in [3.05, 3.63) is 0 Å². The minimum atomic E-state index is -0.00970. The van der Waals surface area contributed by atoms with Crippen LogP contribution in [0.2, 0.25) is 0 Å². The summed E-state index contributed by atoms with van der Waals surface area (Å²) in [5, 5.41) is 6.45. The van der Waals surface area contributed by atoms with Crippen molar-refractivity contribution in [1.29, 1.82) is 0 Å².